The highest BCUT2D eigenvalue weighted by atomic mass is 19.4. The summed E-state index contributed by atoms with van der Waals surface area (Å²) in [6.45, 7) is 6.65. The van der Waals surface area contributed by atoms with E-state index in [0.717, 1.165) is 38.2 Å². The van der Waals surface area contributed by atoms with Crippen molar-refractivity contribution in [1.82, 2.24) is 10.3 Å². The molecule has 294 valence electrons. The second kappa shape index (κ2) is 14.9. The van der Waals surface area contributed by atoms with Gasteiger partial charge in [-0.2, -0.15) is 26.3 Å². The number of aliphatic hydroxyl groups excluding tert-OH is 1. The monoisotopic (exact) mass is 762 g/mol. The van der Waals surface area contributed by atoms with Gasteiger partial charge in [0.1, 0.15) is 5.69 Å². The average Bonchev–Trinajstić information content (AvgIpc) is 3.34. The highest BCUT2D eigenvalue weighted by molar-refractivity contribution is 5.86. The van der Waals surface area contributed by atoms with Gasteiger partial charge in [0.2, 0.25) is 12.1 Å². The molecule has 3 N–H and O–H groups in total. The molecule has 2 aromatic rings. The largest absolute Gasteiger partial charge is 0.481 e. The summed E-state index contributed by atoms with van der Waals surface area (Å²) in [6.07, 6.45) is -7.28. The summed E-state index contributed by atoms with van der Waals surface area (Å²) in [5.41, 5.74) is -4.41. The van der Waals surface area contributed by atoms with E-state index < -0.39 is 77.2 Å². The molecular formula is C36H44F6N2O9. The number of aliphatic carboxylic acids is 1. The van der Waals surface area contributed by atoms with E-state index in [2.05, 4.69) is 17.2 Å². The third-order valence-electron chi connectivity index (χ3n) is 11.4. The Labute approximate surface area is 301 Å². The molecule has 8 rings (SSSR count). The predicted molar refractivity (Wildman–Crippen MR) is 172 cm³/mol. The lowest BCUT2D eigenvalue weighted by atomic mass is 9.58. The molecule has 0 amide bonds. The average molecular weight is 763 g/mol. The van der Waals surface area contributed by atoms with Gasteiger partial charge in [-0.25, -0.2) is 14.8 Å². The van der Waals surface area contributed by atoms with Gasteiger partial charge >= 0.3 is 24.3 Å². The summed E-state index contributed by atoms with van der Waals surface area (Å²) >= 11 is 0. The molecule has 6 heterocycles. The fourth-order valence-electron chi connectivity index (χ4n) is 8.66. The van der Waals surface area contributed by atoms with E-state index in [1.54, 1.807) is 0 Å². The molecule has 11 nitrogen and oxygen atoms in total. The molecule has 10 atom stereocenters. The first-order chi connectivity index (χ1) is 24.8. The number of nitrogens with zero attached hydrogens (tertiary/aromatic N) is 1. The first-order valence-electron chi connectivity index (χ1n) is 17.9. The molecule has 1 spiro atoms. The van der Waals surface area contributed by atoms with Gasteiger partial charge in [0, 0.05) is 29.7 Å². The number of aliphatic hydroxyl groups is 1. The van der Waals surface area contributed by atoms with Crippen LogP contribution in [0.5, 0.6) is 0 Å². The van der Waals surface area contributed by atoms with Gasteiger partial charge in [-0.1, -0.05) is 32.4 Å². The van der Waals surface area contributed by atoms with Crippen LogP contribution in [0.3, 0.4) is 0 Å². The summed E-state index contributed by atoms with van der Waals surface area (Å²) in [4.78, 5) is 37.7. The van der Waals surface area contributed by atoms with Crippen molar-refractivity contribution in [3.8, 4) is 0 Å². The minimum atomic E-state index is -4.93. The molecule has 5 saturated heterocycles. The van der Waals surface area contributed by atoms with E-state index in [9.17, 15) is 41.0 Å². The number of hydrogen-bond donors (Lipinski definition) is 3. The van der Waals surface area contributed by atoms with Gasteiger partial charge in [0.25, 0.3) is 0 Å². The van der Waals surface area contributed by atoms with E-state index in [1.807, 2.05) is 13.8 Å². The van der Waals surface area contributed by atoms with Gasteiger partial charge < -0.3 is 29.7 Å². The normalized spacial score (nSPS) is 34.6. The van der Waals surface area contributed by atoms with E-state index in [4.69, 9.17) is 29.1 Å². The Balaban J connectivity index is 0.000000182. The smallest absolute Gasteiger partial charge is 0.433 e. The van der Waals surface area contributed by atoms with E-state index in [0.29, 0.717) is 37.4 Å². The van der Waals surface area contributed by atoms with Crippen LogP contribution in [0.15, 0.2) is 24.3 Å². The number of ether oxygens (including phenoxy) is 3. The Morgan fingerprint density at radius 1 is 1.02 bits per heavy atom. The Morgan fingerprint density at radius 3 is 2.43 bits per heavy atom. The third kappa shape index (κ3) is 7.87. The number of carboxylic acids is 1. The van der Waals surface area contributed by atoms with Crippen molar-refractivity contribution in [3.63, 3.8) is 0 Å². The van der Waals surface area contributed by atoms with Gasteiger partial charge in [-0.05, 0) is 75.1 Å². The van der Waals surface area contributed by atoms with Crippen LogP contribution < -0.4 is 5.32 Å². The number of hydrogen-bond acceptors (Lipinski definition) is 10. The van der Waals surface area contributed by atoms with E-state index in [-0.39, 0.29) is 41.5 Å². The number of para-hydroxylation sites is 1. The Kier molecular flexibility index (Phi) is 11.1. The maximum absolute atomic E-state index is 13.2. The fourth-order valence-corrected chi connectivity index (χ4v) is 8.66. The number of rotatable bonds is 6. The SMILES string of the molecule is C[C@@H]1CCC2[C@@H](C)[C@H](OC(=O)CCC(=O)O)OC3O[C@]4(C)CCC1C32OO4.OC(c1cc(C(F)(F)F)nc2c(C(F)(F)F)cccc12)C1CCCCN1. The molecule has 6 aliphatic rings. The lowest BCUT2D eigenvalue weighted by Crippen LogP contribution is -2.70. The van der Waals surface area contributed by atoms with Crippen molar-refractivity contribution in [2.75, 3.05) is 6.54 Å². The molecule has 17 heteroatoms. The standard InChI is InChI=1S/C19H28O8.C17H16F6N2O/c1-10-4-5-13-11(2)16(23-15(22)7-6-14(20)21)24-17-19(13)12(10)8-9-18(3,25-17)26-27-19;18-16(19,20)11-5-3-4-9-10(15(26)12-6-1-2-7-24-12)8-13(17(21,22)23)25-14(9)11/h10-13,16-17H,4-9H2,1-3H3,(H,20,21);3-5,8,12,15,24,26H,1-2,6-7H2/t10-,11-,12?,13?,16-,17?,18+,19?;/m1./s1. The maximum Gasteiger partial charge on any atom is 0.433 e. The van der Waals surface area contributed by atoms with Crippen molar-refractivity contribution < 1.29 is 70.1 Å². The Morgan fingerprint density at radius 2 is 1.77 bits per heavy atom. The molecule has 2 bridgehead atoms. The molecule has 53 heavy (non-hydrogen) atoms. The van der Waals surface area contributed by atoms with Gasteiger partial charge in [0.15, 0.2) is 11.9 Å². The summed E-state index contributed by atoms with van der Waals surface area (Å²) < 4.78 is 97.1. The van der Waals surface area contributed by atoms with Crippen molar-refractivity contribution in [2.24, 2.45) is 23.7 Å². The van der Waals surface area contributed by atoms with E-state index >= 15 is 0 Å². The maximum atomic E-state index is 13.2. The molecular weight excluding hydrogens is 718 g/mol. The van der Waals surface area contributed by atoms with Crippen LogP contribution >= 0.6 is 0 Å². The van der Waals surface area contributed by atoms with Crippen LogP contribution in [0, 0.1) is 23.7 Å². The summed E-state index contributed by atoms with van der Waals surface area (Å²) in [5.74, 6) is -1.82. The number of esters is 1. The van der Waals surface area contributed by atoms with Crippen molar-refractivity contribution in [2.45, 2.75) is 127 Å². The molecule has 0 radical (unpaired) electrons. The number of fused-ring (bicyclic) bond motifs is 3. The molecule has 1 aliphatic carbocycles. The zero-order valence-corrected chi connectivity index (χ0v) is 29.5. The number of pyridine rings is 1. The number of carboxylic acid groups (broad SMARTS) is 1. The molecule has 6 unspecified atom stereocenters. The van der Waals surface area contributed by atoms with Crippen LogP contribution in [0.25, 0.3) is 10.9 Å². The second-order valence-electron chi connectivity index (χ2n) is 15.0. The number of piperidine rings is 1. The molecule has 1 saturated carbocycles. The second-order valence-corrected chi connectivity index (χ2v) is 15.0. The number of halogens is 6. The zero-order valence-electron chi connectivity index (χ0n) is 29.5. The molecule has 1 aromatic carbocycles. The van der Waals surface area contributed by atoms with Crippen LogP contribution in [0.1, 0.15) is 101 Å². The third-order valence-corrected chi connectivity index (χ3v) is 11.4. The number of benzene rings is 1. The highest BCUT2D eigenvalue weighted by Gasteiger charge is 2.69. The Hall–Kier alpha value is -3.09. The molecule has 1 aromatic heterocycles. The number of alkyl halides is 6. The Bertz CT molecular complexity index is 1670. The van der Waals surface area contributed by atoms with Crippen LogP contribution in [-0.4, -0.2) is 63.7 Å². The van der Waals surface area contributed by atoms with Crippen LogP contribution in [-0.2, 0) is 45.9 Å². The topological polar surface area (TPSA) is 146 Å². The van der Waals surface area contributed by atoms with Crippen molar-refractivity contribution in [3.05, 3.63) is 41.1 Å². The number of carbonyl (C=O) groups is 2. The summed E-state index contributed by atoms with van der Waals surface area (Å²) in [6, 6.07) is 3.16. The summed E-state index contributed by atoms with van der Waals surface area (Å²) in [7, 11) is 0. The fraction of sp³-hybridized carbons (Fsp3) is 0.694. The summed E-state index contributed by atoms with van der Waals surface area (Å²) in [5, 5.41) is 22.2. The van der Waals surface area contributed by atoms with Crippen molar-refractivity contribution in [1.29, 1.82) is 0 Å². The number of aromatic nitrogens is 1. The minimum Gasteiger partial charge on any atom is -0.481 e. The lowest BCUT2D eigenvalue weighted by Gasteiger charge is -2.59. The first-order valence-corrected chi connectivity index (χ1v) is 17.9. The first kappa shape index (κ1) is 39.6. The van der Waals surface area contributed by atoms with Gasteiger partial charge in [0.05, 0.1) is 30.0 Å². The zero-order chi connectivity index (χ0) is 38.5. The number of carbonyl (C=O) groups excluding carboxylic acids is 1. The molecule has 5 aliphatic heterocycles. The van der Waals surface area contributed by atoms with Crippen LogP contribution in [0.4, 0.5) is 26.3 Å². The quantitative estimate of drug-likeness (QED) is 0.158. The van der Waals surface area contributed by atoms with Crippen LogP contribution in [0.2, 0.25) is 0 Å². The van der Waals surface area contributed by atoms with Gasteiger partial charge in [-0.3, -0.25) is 9.59 Å². The van der Waals surface area contributed by atoms with E-state index in [1.165, 1.54) is 6.07 Å². The van der Waals surface area contributed by atoms with Crippen molar-refractivity contribution >= 4 is 22.8 Å². The predicted octanol–water partition coefficient (Wildman–Crippen LogP) is 7.05. The minimum absolute atomic E-state index is 0.0670. The molecule has 6 fully saturated rings. The highest BCUT2D eigenvalue weighted by Crippen LogP contribution is 2.60. The van der Waals surface area contributed by atoms with Gasteiger partial charge in [-0.15, -0.1) is 0 Å². The lowest BCUT2D eigenvalue weighted by molar-refractivity contribution is -0.576. The number of nitrogens with one attached hydrogen (secondary N) is 1.